The van der Waals surface area contributed by atoms with Gasteiger partial charge in [-0.15, -0.1) is 11.3 Å². The molecular weight excluding hydrogens is 208 g/mol. The van der Waals surface area contributed by atoms with E-state index in [2.05, 4.69) is 11.9 Å². The Bertz CT molecular complexity index is 322. The van der Waals surface area contributed by atoms with Crippen LogP contribution in [-0.2, 0) is 11.2 Å². The van der Waals surface area contributed by atoms with Crippen LogP contribution in [0, 0.1) is 12.8 Å². The highest BCUT2D eigenvalue weighted by Gasteiger charge is 2.16. The number of ketones is 1. The first-order chi connectivity index (χ1) is 7.17. The highest BCUT2D eigenvalue weighted by Crippen LogP contribution is 2.13. The zero-order chi connectivity index (χ0) is 11.3. The van der Waals surface area contributed by atoms with E-state index in [-0.39, 0.29) is 11.7 Å². The molecule has 15 heavy (non-hydrogen) atoms. The van der Waals surface area contributed by atoms with E-state index in [1.807, 2.05) is 12.3 Å². The molecule has 3 nitrogen and oxygen atoms in total. The Labute approximate surface area is 94.7 Å². The van der Waals surface area contributed by atoms with E-state index >= 15 is 0 Å². The van der Waals surface area contributed by atoms with Crippen molar-refractivity contribution < 1.29 is 4.79 Å². The van der Waals surface area contributed by atoms with Crippen LogP contribution in [0.15, 0.2) is 5.38 Å². The van der Waals surface area contributed by atoms with E-state index in [4.69, 9.17) is 5.73 Å². The van der Waals surface area contributed by atoms with Crippen LogP contribution in [-0.4, -0.2) is 17.3 Å². The molecule has 4 heteroatoms. The zero-order valence-electron chi connectivity index (χ0n) is 9.32. The molecule has 84 valence electrons. The number of thiazole rings is 1. The molecular formula is C11H18N2OS. The molecule has 0 spiro atoms. The lowest BCUT2D eigenvalue weighted by molar-refractivity contribution is -0.122. The summed E-state index contributed by atoms with van der Waals surface area (Å²) in [4.78, 5) is 16.1. The summed E-state index contributed by atoms with van der Waals surface area (Å²) in [5, 5.41) is 2.96. The standard InChI is InChI=1S/C11H18N2OS/c1-3-4-9(6-12)11(14)5-10-7-15-8(2)13-10/h7,9H,3-6,12H2,1-2H3. The topological polar surface area (TPSA) is 56.0 Å². The number of aryl methyl sites for hydroxylation is 1. The van der Waals surface area contributed by atoms with Crippen LogP contribution < -0.4 is 5.73 Å². The number of hydrogen-bond donors (Lipinski definition) is 1. The van der Waals surface area contributed by atoms with E-state index in [0.717, 1.165) is 23.5 Å². The Morgan fingerprint density at radius 1 is 1.67 bits per heavy atom. The molecule has 0 saturated carbocycles. The second-order valence-corrected chi connectivity index (χ2v) is 4.78. The minimum absolute atomic E-state index is 0.0111. The van der Waals surface area contributed by atoms with Crippen LogP contribution in [0.3, 0.4) is 0 Å². The van der Waals surface area contributed by atoms with Crippen LogP contribution in [0.4, 0.5) is 0 Å². The maximum atomic E-state index is 11.8. The predicted molar refractivity (Wildman–Crippen MR) is 63.0 cm³/mol. The summed E-state index contributed by atoms with van der Waals surface area (Å²) in [6.45, 7) is 4.48. The molecule has 1 rings (SSSR count). The lowest BCUT2D eigenvalue weighted by Gasteiger charge is -2.10. The fourth-order valence-corrected chi connectivity index (χ4v) is 2.18. The smallest absolute Gasteiger partial charge is 0.143 e. The Balaban J connectivity index is 2.53. The number of hydrogen-bond acceptors (Lipinski definition) is 4. The summed E-state index contributed by atoms with van der Waals surface area (Å²) < 4.78 is 0. The summed E-state index contributed by atoms with van der Waals surface area (Å²) in [7, 11) is 0. The van der Waals surface area contributed by atoms with Gasteiger partial charge < -0.3 is 5.73 Å². The number of carbonyl (C=O) groups is 1. The van der Waals surface area contributed by atoms with Crippen LogP contribution in [0.5, 0.6) is 0 Å². The van der Waals surface area contributed by atoms with Crippen molar-refractivity contribution in [1.29, 1.82) is 0 Å². The number of nitrogens with zero attached hydrogens (tertiary/aromatic N) is 1. The largest absolute Gasteiger partial charge is 0.330 e. The van der Waals surface area contributed by atoms with Crippen molar-refractivity contribution >= 4 is 17.1 Å². The number of nitrogens with two attached hydrogens (primary N) is 1. The van der Waals surface area contributed by atoms with Gasteiger partial charge in [-0.2, -0.15) is 0 Å². The van der Waals surface area contributed by atoms with Gasteiger partial charge in [0.25, 0.3) is 0 Å². The van der Waals surface area contributed by atoms with Gasteiger partial charge in [-0.3, -0.25) is 4.79 Å². The van der Waals surface area contributed by atoms with Gasteiger partial charge in [0.05, 0.1) is 10.7 Å². The molecule has 0 radical (unpaired) electrons. The second kappa shape index (κ2) is 5.98. The molecule has 1 aromatic heterocycles. The van der Waals surface area contributed by atoms with Crippen LogP contribution in [0.25, 0.3) is 0 Å². The molecule has 0 saturated heterocycles. The Morgan fingerprint density at radius 3 is 2.87 bits per heavy atom. The van der Waals surface area contributed by atoms with Gasteiger partial charge in [-0.25, -0.2) is 4.98 Å². The maximum absolute atomic E-state index is 11.8. The lowest BCUT2D eigenvalue weighted by atomic mass is 9.96. The predicted octanol–water partition coefficient (Wildman–Crippen LogP) is 1.94. The van der Waals surface area contributed by atoms with Crippen molar-refractivity contribution in [2.45, 2.75) is 33.1 Å². The highest BCUT2D eigenvalue weighted by molar-refractivity contribution is 7.09. The Hall–Kier alpha value is -0.740. The quantitative estimate of drug-likeness (QED) is 0.806. The minimum atomic E-state index is 0.0111. The molecule has 0 fully saturated rings. The minimum Gasteiger partial charge on any atom is -0.330 e. The van der Waals surface area contributed by atoms with Crippen LogP contribution in [0.1, 0.15) is 30.5 Å². The van der Waals surface area contributed by atoms with Crippen molar-refractivity contribution in [1.82, 2.24) is 4.98 Å². The van der Waals surface area contributed by atoms with Gasteiger partial charge in [0.2, 0.25) is 0 Å². The van der Waals surface area contributed by atoms with E-state index in [9.17, 15) is 4.79 Å². The van der Waals surface area contributed by atoms with Crippen molar-refractivity contribution in [2.75, 3.05) is 6.54 Å². The zero-order valence-corrected chi connectivity index (χ0v) is 10.1. The fraction of sp³-hybridized carbons (Fsp3) is 0.636. The molecule has 2 N–H and O–H groups in total. The maximum Gasteiger partial charge on any atom is 0.143 e. The van der Waals surface area contributed by atoms with Crippen molar-refractivity contribution in [2.24, 2.45) is 11.7 Å². The van der Waals surface area contributed by atoms with Gasteiger partial charge in [0.1, 0.15) is 5.78 Å². The Morgan fingerprint density at radius 2 is 2.40 bits per heavy atom. The van der Waals surface area contributed by atoms with E-state index in [1.165, 1.54) is 0 Å². The summed E-state index contributed by atoms with van der Waals surface area (Å²) in [5.74, 6) is 0.238. The molecule has 0 amide bonds. The number of aromatic nitrogens is 1. The number of Topliss-reactive ketones (excluding diaryl/α,β-unsaturated/α-hetero) is 1. The molecule has 0 aliphatic heterocycles. The average molecular weight is 226 g/mol. The fourth-order valence-electron chi connectivity index (χ4n) is 1.57. The molecule has 1 aromatic rings. The average Bonchev–Trinajstić information content (AvgIpc) is 2.60. The van der Waals surface area contributed by atoms with Gasteiger partial charge in [-0.05, 0) is 13.3 Å². The normalized spacial score (nSPS) is 12.7. The van der Waals surface area contributed by atoms with Gasteiger partial charge in [-0.1, -0.05) is 13.3 Å². The SMILES string of the molecule is CCCC(CN)C(=O)Cc1csc(C)n1. The van der Waals surface area contributed by atoms with Crippen molar-refractivity contribution in [3.63, 3.8) is 0 Å². The third kappa shape index (κ3) is 3.72. The van der Waals surface area contributed by atoms with E-state index in [0.29, 0.717) is 13.0 Å². The first-order valence-electron chi connectivity index (χ1n) is 5.31. The third-order valence-electron chi connectivity index (χ3n) is 2.40. The van der Waals surface area contributed by atoms with E-state index in [1.54, 1.807) is 11.3 Å². The summed E-state index contributed by atoms with van der Waals surface area (Å²) >= 11 is 1.58. The van der Waals surface area contributed by atoms with Crippen LogP contribution >= 0.6 is 11.3 Å². The second-order valence-electron chi connectivity index (χ2n) is 3.72. The molecule has 0 aliphatic carbocycles. The molecule has 1 unspecified atom stereocenters. The summed E-state index contributed by atoms with van der Waals surface area (Å²) in [5.41, 5.74) is 6.47. The lowest BCUT2D eigenvalue weighted by Crippen LogP contribution is -2.25. The molecule has 0 aliphatic rings. The van der Waals surface area contributed by atoms with E-state index < -0.39 is 0 Å². The number of rotatable bonds is 6. The van der Waals surface area contributed by atoms with Crippen LogP contribution in [0.2, 0.25) is 0 Å². The van der Waals surface area contributed by atoms with Crippen molar-refractivity contribution in [3.05, 3.63) is 16.1 Å². The molecule has 1 atom stereocenters. The molecule has 1 heterocycles. The number of carbonyl (C=O) groups excluding carboxylic acids is 1. The monoisotopic (exact) mass is 226 g/mol. The summed E-state index contributed by atoms with van der Waals surface area (Å²) in [6, 6.07) is 0. The van der Waals surface area contributed by atoms with Gasteiger partial charge in [0, 0.05) is 24.3 Å². The van der Waals surface area contributed by atoms with Crippen molar-refractivity contribution in [3.8, 4) is 0 Å². The molecule has 0 aromatic carbocycles. The first kappa shape index (κ1) is 12.3. The Kier molecular flexibility index (Phi) is 4.91. The molecule has 0 bridgehead atoms. The summed E-state index contributed by atoms with van der Waals surface area (Å²) in [6.07, 6.45) is 2.33. The highest BCUT2D eigenvalue weighted by atomic mass is 32.1. The first-order valence-corrected chi connectivity index (χ1v) is 6.19. The van der Waals surface area contributed by atoms with Gasteiger partial charge in [0.15, 0.2) is 0 Å². The third-order valence-corrected chi connectivity index (χ3v) is 3.22. The van der Waals surface area contributed by atoms with Gasteiger partial charge >= 0.3 is 0 Å².